The molecule has 0 aliphatic heterocycles. The number of benzene rings is 1. The summed E-state index contributed by atoms with van der Waals surface area (Å²) in [6.07, 6.45) is 3.45. The second-order valence-corrected chi connectivity index (χ2v) is 4.47. The molecule has 19 heavy (non-hydrogen) atoms. The minimum absolute atomic E-state index is 0.0406. The number of carbonyl (C=O) groups excluding carboxylic acids is 1. The fourth-order valence-electron chi connectivity index (χ4n) is 1.72. The Morgan fingerprint density at radius 3 is 3.05 bits per heavy atom. The van der Waals surface area contributed by atoms with E-state index in [0.717, 1.165) is 11.3 Å². The normalized spacial score (nSPS) is 12.1. The fraction of sp³-hybridized carbons (Fsp3) is 0.308. The summed E-state index contributed by atoms with van der Waals surface area (Å²) in [6.45, 7) is 2.29. The van der Waals surface area contributed by atoms with E-state index < -0.39 is 0 Å². The molecule has 2 rings (SSSR count). The van der Waals surface area contributed by atoms with Gasteiger partial charge in [0.25, 0.3) is 0 Å². The third-order valence-electron chi connectivity index (χ3n) is 2.59. The lowest BCUT2D eigenvalue weighted by Gasteiger charge is -2.08. The summed E-state index contributed by atoms with van der Waals surface area (Å²) >= 11 is 0. The summed E-state index contributed by atoms with van der Waals surface area (Å²) in [6, 6.07) is 7.64. The summed E-state index contributed by atoms with van der Waals surface area (Å²) in [5.74, 6) is -0.0406. The van der Waals surface area contributed by atoms with Crippen LogP contribution in [0.15, 0.2) is 36.9 Å². The van der Waals surface area contributed by atoms with Crippen LogP contribution in [0.2, 0.25) is 0 Å². The van der Waals surface area contributed by atoms with Crippen LogP contribution in [0.1, 0.15) is 18.9 Å². The molecule has 0 saturated heterocycles. The van der Waals surface area contributed by atoms with Crippen LogP contribution in [0.4, 0.5) is 0 Å². The molecule has 1 heterocycles. The van der Waals surface area contributed by atoms with Gasteiger partial charge in [-0.05, 0) is 24.6 Å². The van der Waals surface area contributed by atoms with Gasteiger partial charge in [-0.15, -0.1) is 0 Å². The molecular weight excluding hydrogens is 242 g/mol. The van der Waals surface area contributed by atoms with Crippen molar-refractivity contribution in [3.63, 3.8) is 0 Å². The number of nitrogens with zero attached hydrogens (tertiary/aromatic N) is 3. The Labute approximate surface area is 111 Å². The summed E-state index contributed by atoms with van der Waals surface area (Å²) in [5, 5.41) is 6.90. The lowest BCUT2D eigenvalue weighted by atomic mass is 10.2. The molecule has 1 amide bonds. The second kappa shape index (κ2) is 6.10. The number of hydrogen-bond acceptors (Lipinski definition) is 4. The number of nitrogens with one attached hydrogen (secondary N) is 1. The van der Waals surface area contributed by atoms with Gasteiger partial charge >= 0.3 is 0 Å². The highest BCUT2D eigenvalue weighted by molar-refractivity contribution is 5.76. The minimum atomic E-state index is -0.124. The molecule has 0 bridgehead atoms. The van der Waals surface area contributed by atoms with E-state index in [4.69, 9.17) is 5.73 Å². The third kappa shape index (κ3) is 3.89. The molecule has 3 N–H and O–H groups in total. The van der Waals surface area contributed by atoms with Crippen LogP contribution in [0.25, 0.3) is 5.69 Å². The molecule has 0 saturated carbocycles. The smallest absolute Gasteiger partial charge is 0.221 e. The molecule has 6 nitrogen and oxygen atoms in total. The van der Waals surface area contributed by atoms with Crippen LogP contribution in [0.3, 0.4) is 0 Å². The van der Waals surface area contributed by atoms with E-state index in [2.05, 4.69) is 15.4 Å². The van der Waals surface area contributed by atoms with Gasteiger partial charge in [-0.3, -0.25) is 4.79 Å². The lowest BCUT2D eigenvalue weighted by molar-refractivity contribution is -0.121. The molecule has 1 atom stereocenters. The standard InChI is InChI=1S/C13H17N5O/c1-10(14)5-13(19)16-7-11-3-2-4-12(6-11)18-9-15-8-17-18/h2-4,6,8-10H,5,7,14H2,1H3,(H,16,19). The van der Waals surface area contributed by atoms with Crippen molar-refractivity contribution in [1.29, 1.82) is 0 Å². The molecule has 6 heteroatoms. The van der Waals surface area contributed by atoms with Crippen LogP contribution in [-0.4, -0.2) is 26.7 Å². The van der Waals surface area contributed by atoms with Crippen molar-refractivity contribution in [3.8, 4) is 5.69 Å². The van der Waals surface area contributed by atoms with Crippen molar-refractivity contribution in [2.75, 3.05) is 0 Å². The highest BCUT2D eigenvalue weighted by atomic mass is 16.1. The van der Waals surface area contributed by atoms with E-state index in [-0.39, 0.29) is 11.9 Å². The molecule has 1 unspecified atom stereocenters. The molecular formula is C13H17N5O. The van der Waals surface area contributed by atoms with Gasteiger partial charge in [0, 0.05) is 19.0 Å². The number of aromatic nitrogens is 3. The zero-order valence-corrected chi connectivity index (χ0v) is 10.8. The van der Waals surface area contributed by atoms with E-state index >= 15 is 0 Å². The Balaban J connectivity index is 1.98. The van der Waals surface area contributed by atoms with Gasteiger partial charge in [0.15, 0.2) is 0 Å². The van der Waals surface area contributed by atoms with Crippen molar-refractivity contribution < 1.29 is 4.79 Å². The first kappa shape index (κ1) is 13.2. The number of nitrogens with two attached hydrogens (primary N) is 1. The first-order valence-electron chi connectivity index (χ1n) is 6.11. The van der Waals surface area contributed by atoms with Crippen molar-refractivity contribution in [3.05, 3.63) is 42.5 Å². The average molecular weight is 259 g/mol. The Morgan fingerprint density at radius 1 is 1.53 bits per heavy atom. The molecule has 0 fully saturated rings. The molecule has 0 radical (unpaired) electrons. The third-order valence-corrected chi connectivity index (χ3v) is 2.59. The zero-order chi connectivity index (χ0) is 13.7. The van der Waals surface area contributed by atoms with Gasteiger partial charge in [-0.2, -0.15) is 5.10 Å². The lowest BCUT2D eigenvalue weighted by Crippen LogP contribution is -2.29. The fourth-order valence-corrected chi connectivity index (χ4v) is 1.72. The summed E-state index contributed by atoms with van der Waals surface area (Å²) < 4.78 is 1.67. The number of carbonyl (C=O) groups is 1. The van der Waals surface area contributed by atoms with Crippen LogP contribution in [-0.2, 0) is 11.3 Å². The maximum absolute atomic E-state index is 11.5. The molecule has 2 aromatic rings. The van der Waals surface area contributed by atoms with Gasteiger partial charge < -0.3 is 11.1 Å². The van der Waals surface area contributed by atoms with E-state index in [1.807, 2.05) is 31.2 Å². The van der Waals surface area contributed by atoms with Crippen LogP contribution >= 0.6 is 0 Å². The highest BCUT2D eigenvalue weighted by Gasteiger charge is 2.05. The predicted octanol–water partition coefficient (Wildman–Crippen LogP) is 0.621. The van der Waals surface area contributed by atoms with Crippen LogP contribution in [0.5, 0.6) is 0 Å². The summed E-state index contributed by atoms with van der Waals surface area (Å²) in [5.41, 5.74) is 7.49. The quantitative estimate of drug-likeness (QED) is 0.824. The zero-order valence-electron chi connectivity index (χ0n) is 10.8. The largest absolute Gasteiger partial charge is 0.352 e. The van der Waals surface area contributed by atoms with Gasteiger partial charge in [-0.25, -0.2) is 9.67 Å². The number of rotatable bonds is 5. The minimum Gasteiger partial charge on any atom is -0.352 e. The molecule has 0 spiro atoms. The van der Waals surface area contributed by atoms with Crippen molar-refractivity contribution in [1.82, 2.24) is 20.1 Å². The maximum Gasteiger partial charge on any atom is 0.221 e. The van der Waals surface area contributed by atoms with Crippen molar-refractivity contribution >= 4 is 5.91 Å². The molecule has 100 valence electrons. The maximum atomic E-state index is 11.5. The van der Waals surface area contributed by atoms with Gasteiger partial charge in [0.05, 0.1) is 5.69 Å². The average Bonchev–Trinajstić information content (AvgIpc) is 2.90. The van der Waals surface area contributed by atoms with E-state index in [1.165, 1.54) is 6.33 Å². The van der Waals surface area contributed by atoms with Crippen LogP contribution in [0, 0.1) is 0 Å². The summed E-state index contributed by atoms with van der Waals surface area (Å²) in [7, 11) is 0. The van der Waals surface area contributed by atoms with E-state index in [0.29, 0.717) is 13.0 Å². The van der Waals surface area contributed by atoms with Crippen LogP contribution < -0.4 is 11.1 Å². The molecule has 1 aromatic heterocycles. The van der Waals surface area contributed by atoms with Gasteiger partial charge in [-0.1, -0.05) is 12.1 Å². The molecule has 1 aromatic carbocycles. The van der Waals surface area contributed by atoms with Gasteiger partial charge in [0.1, 0.15) is 12.7 Å². The Hall–Kier alpha value is -2.21. The number of hydrogen-bond donors (Lipinski definition) is 2. The first-order chi connectivity index (χ1) is 9.15. The van der Waals surface area contributed by atoms with Gasteiger partial charge in [0.2, 0.25) is 5.91 Å². The Morgan fingerprint density at radius 2 is 2.37 bits per heavy atom. The molecule has 0 aliphatic carbocycles. The first-order valence-corrected chi connectivity index (χ1v) is 6.11. The SMILES string of the molecule is CC(N)CC(=O)NCc1cccc(-n2cncn2)c1. The Bertz CT molecular complexity index is 536. The topological polar surface area (TPSA) is 85.8 Å². The summed E-state index contributed by atoms with van der Waals surface area (Å²) in [4.78, 5) is 15.4. The van der Waals surface area contributed by atoms with E-state index in [9.17, 15) is 4.79 Å². The monoisotopic (exact) mass is 259 g/mol. The highest BCUT2D eigenvalue weighted by Crippen LogP contribution is 2.08. The Kier molecular flexibility index (Phi) is 4.25. The van der Waals surface area contributed by atoms with Crippen molar-refractivity contribution in [2.24, 2.45) is 5.73 Å². The van der Waals surface area contributed by atoms with Crippen molar-refractivity contribution in [2.45, 2.75) is 25.9 Å². The molecule has 0 aliphatic rings. The predicted molar refractivity (Wildman–Crippen MR) is 71.5 cm³/mol. The number of amides is 1. The second-order valence-electron chi connectivity index (χ2n) is 4.47. The van der Waals surface area contributed by atoms with E-state index in [1.54, 1.807) is 11.0 Å².